The minimum absolute atomic E-state index is 0.0326. The fourth-order valence-corrected chi connectivity index (χ4v) is 4.54. The summed E-state index contributed by atoms with van der Waals surface area (Å²) in [7, 11) is 0. The van der Waals surface area contributed by atoms with Crippen LogP contribution < -0.4 is 10.6 Å². The number of hydrogen-bond acceptors (Lipinski definition) is 4. The van der Waals surface area contributed by atoms with Crippen molar-refractivity contribution in [2.24, 2.45) is 0 Å². The number of fused-ring (bicyclic) bond motifs is 1. The monoisotopic (exact) mass is 367 g/mol. The lowest BCUT2D eigenvalue weighted by Crippen LogP contribution is -2.36. The van der Waals surface area contributed by atoms with Crippen LogP contribution in [0.4, 0.5) is 0 Å². The molecule has 1 fully saturated rings. The van der Waals surface area contributed by atoms with Crippen molar-refractivity contribution < 1.29 is 4.79 Å². The summed E-state index contributed by atoms with van der Waals surface area (Å²) < 4.78 is 1.94. The Morgan fingerprint density at radius 1 is 1.22 bits per heavy atom. The highest BCUT2D eigenvalue weighted by atomic mass is 16.2. The number of benzene rings is 1. The molecule has 0 radical (unpaired) electrons. The lowest BCUT2D eigenvalue weighted by molar-refractivity contribution is 0.0923. The van der Waals surface area contributed by atoms with Crippen LogP contribution in [-0.4, -0.2) is 34.0 Å². The highest BCUT2D eigenvalue weighted by Gasteiger charge is 2.33. The zero-order chi connectivity index (χ0) is 19.0. The fourth-order valence-electron chi connectivity index (χ4n) is 4.54. The summed E-state index contributed by atoms with van der Waals surface area (Å²) in [6.07, 6.45) is 4.04. The Bertz CT molecular complexity index is 835. The highest BCUT2D eigenvalue weighted by Crippen LogP contribution is 2.41. The molecule has 2 heterocycles. The van der Waals surface area contributed by atoms with Crippen LogP contribution in [0.3, 0.4) is 0 Å². The molecule has 2 N–H and O–H groups in total. The van der Waals surface area contributed by atoms with Gasteiger partial charge in [0, 0.05) is 0 Å². The molecule has 6 heteroatoms. The standard InChI is InChI=1S/C21H29N5O/c1-14-19(24-25-26(14)15-9-12-22-13-10-15)20(27)23-18-8-11-21(2,3)17-7-5-4-6-16(17)18/h4-7,15,18,22H,8-13H2,1-3H3,(H,23,27). The molecule has 27 heavy (non-hydrogen) atoms. The van der Waals surface area contributed by atoms with Gasteiger partial charge in [0.15, 0.2) is 5.69 Å². The smallest absolute Gasteiger partial charge is 0.274 e. The largest absolute Gasteiger partial charge is 0.344 e. The van der Waals surface area contributed by atoms with E-state index in [9.17, 15) is 4.79 Å². The molecule has 1 aromatic carbocycles. The second-order valence-corrected chi connectivity index (χ2v) is 8.49. The van der Waals surface area contributed by atoms with Crippen LogP contribution in [0.25, 0.3) is 0 Å². The number of nitrogens with one attached hydrogen (secondary N) is 2. The van der Waals surface area contributed by atoms with Gasteiger partial charge in [-0.15, -0.1) is 5.10 Å². The SMILES string of the molecule is Cc1c(C(=O)NC2CCC(C)(C)c3ccccc32)nnn1C1CCNCC1. The van der Waals surface area contributed by atoms with Gasteiger partial charge in [-0.05, 0) is 62.2 Å². The van der Waals surface area contributed by atoms with E-state index in [1.807, 2.05) is 11.6 Å². The maximum atomic E-state index is 13.0. The topological polar surface area (TPSA) is 71.8 Å². The van der Waals surface area contributed by atoms with Gasteiger partial charge in [0.25, 0.3) is 5.91 Å². The Morgan fingerprint density at radius 3 is 2.74 bits per heavy atom. The van der Waals surface area contributed by atoms with Crippen LogP contribution >= 0.6 is 0 Å². The van der Waals surface area contributed by atoms with Crippen LogP contribution in [0.15, 0.2) is 24.3 Å². The highest BCUT2D eigenvalue weighted by molar-refractivity contribution is 5.93. The summed E-state index contributed by atoms with van der Waals surface area (Å²) in [5.74, 6) is -0.118. The molecule has 144 valence electrons. The van der Waals surface area contributed by atoms with Crippen molar-refractivity contribution in [3.05, 3.63) is 46.8 Å². The molecule has 0 bridgehead atoms. The Labute approximate surface area is 160 Å². The van der Waals surface area contributed by atoms with E-state index in [0.29, 0.717) is 11.7 Å². The average Bonchev–Trinajstić information content (AvgIpc) is 3.06. The van der Waals surface area contributed by atoms with Gasteiger partial charge >= 0.3 is 0 Å². The second kappa shape index (κ2) is 7.08. The van der Waals surface area contributed by atoms with Gasteiger partial charge in [-0.25, -0.2) is 4.68 Å². The summed E-state index contributed by atoms with van der Waals surface area (Å²) in [6.45, 7) is 8.48. The van der Waals surface area contributed by atoms with E-state index in [1.165, 1.54) is 11.1 Å². The molecule has 1 unspecified atom stereocenters. The Balaban J connectivity index is 1.54. The predicted octanol–water partition coefficient (Wildman–Crippen LogP) is 3.05. The number of piperidine rings is 1. The average molecular weight is 367 g/mol. The molecule has 1 atom stereocenters. The lowest BCUT2D eigenvalue weighted by Gasteiger charge is -2.37. The molecular formula is C21H29N5O. The van der Waals surface area contributed by atoms with Crippen LogP contribution in [0.5, 0.6) is 0 Å². The van der Waals surface area contributed by atoms with Crippen molar-refractivity contribution in [2.75, 3.05) is 13.1 Å². The summed E-state index contributed by atoms with van der Waals surface area (Å²) in [5, 5.41) is 15.1. The van der Waals surface area contributed by atoms with Gasteiger partial charge in [-0.1, -0.05) is 43.3 Å². The second-order valence-electron chi connectivity index (χ2n) is 8.49. The number of amides is 1. The summed E-state index contributed by atoms with van der Waals surface area (Å²) in [5.41, 5.74) is 4.02. The molecule has 2 aromatic rings. The van der Waals surface area contributed by atoms with Crippen molar-refractivity contribution in [2.45, 2.75) is 64.0 Å². The molecule has 1 saturated heterocycles. The molecule has 1 aromatic heterocycles. The Kier molecular flexibility index (Phi) is 4.76. The van der Waals surface area contributed by atoms with Crippen LogP contribution in [0.1, 0.15) is 78.9 Å². The predicted molar refractivity (Wildman–Crippen MR) is 105 cm³/mol. The first-order valence-corrected chi connectivity index (χ1v) is 10.00. The summed E-state index contributed by atoms with van der Waals surface area (Å²) in [4.78, 5) is 13.0. The molecule has 1 aliphatic heterocycles. The van der Waals surface area contributed by atoms with Crippen molar-refractivity contribution in [3.8, 4) is 0 Å². The molecule has 2 aliphatic rings. The fraction of sp³-hybridized carbons (Fsp3) is 0.571. The van der Waals surface area contributed by atoms with E-state index in [1.54, 1.807) is 0 Å². The number of rotatable bonds is 3. The molecule has 0 saturated carbocycles. The van der Waals surface area contributed by atoms with Gasteiger partial charge in [0.1, 0.15) is 0 Å². The first-order chi connectivity index (χ1) is 13.0. The maximum Gasteiger partial charge on any atom is 0.274 e. The quantitative estimate of drug-likeness (QED) is 0.875. The first-order valence-electron chi connectivity index (χ1n) is 10.00. The van der Waals surface area contributed by atoms with Gasteiger partial charge in [0.05, 0.1) is 17.8 Å². The third-order valence-corrected chi connectivity index (χ3v) is 6.23. The van der Waals surface area contributed by atoms with E-state index in [0.717, 1.165) is 44.5 Å². The minimum Gasteiger partial charge on any atom is -0.344 e. The number of aromatic nitrogens is 3. The van der Waals surface area contributed by atoms with Crippen molar-refractivity contribution in [1.82, 2.24) is 25.6 Å². The van der Waals surface area contributed by atoms with E-state index < -0.39 is 0 Å². The number of nitrogens with zero attached hydrogens (tertiary/aromatic N) is 3. The molecular weight excluding hydrogens is 338 g/mol. The van der Waals surface area contributed by atoms with Crippen LogP contribution in [-0.2, 0) is 5.41 Å². The van der Waals surface area contributed by atoms with Crippen molar-refractivity contribution in [1.29, 1.82) is 0 Å². The molecule has 0 spiro atoms. The van der Waals surface area contributed by atoms with Gasteiger partial charge in [-0.2, -0.15) is 0 Å². The zero-order valence-corrected chi connectivity index (χ0v) is 16.5. The first kappa shape index (κ1) is 18.2. The zero-order valence-electron chi connectivity index (χ0n) is 16.5. The molecule has 6 nitrogen and oxygen atoms in total. The maximum absolute atomic E-state index is 13.0. The van der Waals surface area contributed by atoms with E-state index in [-0.39, 0.29) is 17.4 Å². The Hall–Kier alpha value is -2.21. The van der Waals surface area contributed by atoms with E-state index in [4.69, 9.17) is 0 Å². The summed E-state index contributed by atoms with van der Waals surface area (Å²) >= 11 is 0. The summed E-state index contributed by atoms with van der Waals surface area (Å²) in [6, 6.07) is 8.82. The minimum atomic E-state index is -0.118. The van der Waals surface area contributed by atoms with Gasteiger partial charge in [0.2, 0.25) is 0 Å². The van der Waals surface area contributed by atoms with Crippen molar-refractivity contribution in [3.63, 3.8) is 0 Å². The third kappa shape index (κ3) is 3.38. The molecule has 4 rings (SSSR count). The van der Waals surface area contributed by atoms with Crippen LogP contribution in [0, 0.1) is 6.92 Å². The van der Waals surface area contributed by atoms with Crippen LogP contribution in [0.2, 0.25) is 0 Å². The van der Waals surface area contributed by atoms with E-state index >= 15 is 0 Å². The number of carbonyl (C=O) groups excluding carboxylic acids is 1. The normalized spacial score (nSPS) is 22.3. The van der Waals surface area contributed by atoms with Gasteiger partial charge in [-0.3, -0.25) is 4.79 Å². The third-order valence-electron chi connectivity index (χ3n) is 6.23. The Morgan fingerprint density at radius 2 is 1.96 bits per heavy atom. The van der Waals surface area contributed by atoms with Gasteiger partial charge < -0.3 is 10.6 Å². The molecule has 1 aliphatic carbocycles. The number of carbonyl (C=O) groups is 1. The molecule has 1 amide bonds. The number of hydrogen-bond donors (Lipinski definition) is 2. The lowest BCUT2D eigenvalue weighted by atomic mass is 9.71. The van der Waals surface area contributed by atoms with Crippen molar-refractivity contribution >= 4 is 5.91 Å². The van der Waals surface area contributed by atoms with E-state index in [2.05, 4.69) is 59.1 Å².